The Kier molecular flexibility index (Phi) is 7.97. The Morgan fingerprint density at radius 3 is 2.47 bits per heavy atom. The summed E-state index contributed by atoms with van der Waals surface area (Å²) in [7, 11) is 0. The van der Waals surface area contributed by atoms with Crippen molar-refractivity contribution in [3.05, 3.63) is 10.6 Å². The summed E-state index contributed by atoms with van der Waals surface area (Å²) in [5.74, 6) is 1.76. The van der Waals surface area contributed by atoms with Gasteiger partial charge in [-0.1, -0.05) is 24.2 Å². The van der Waals surface area contributed by atoms with Crippen molar-refractivity contribution in [2.75, 3.05) is 26.2 Å². The van der Waals surface area contributed by atoms with Crippen LogP contribution in [0.5, 0.6) is 5.19 Å². The fourth-order valence-electron chi connectivity index (χ4n) is 4.82. The number of carbonyl (C=O) groups is 1. The highest BCUT2D eigenvalue weighted by Gasteiger charge is 2.30. The highest BCUT2D eigenvalue weighted by Crippen LogP contribution is 2.34. The van der Waals surface area contributed by atoms with Gasteiger partial charge in [0.2, 0.25) is 5.91 Å². The van der Waals surface area contributed by atoms with Crippen LogP contribution in [0.2, 0.25) is 0 Å². The van der Waals surface area contributed by atoms with E-state index in [-0.39, 0.29) is 11.1 Å². The highest BCUT2D eigenvalue weighted by atomic mass is 32.1. The van der Waals surface area contributed by atoms with Crippen LogP contribution >= 0.6 is 11.3 Å². The van der Waals surface area contributed by atoms with Gasteiger partial charge in [-0.15, -0.1) is 0 Å². The fourth-order valence-corrected chi connectivity index (χ4v) is 5.76. The quantitative estimate of drug-likeness (QED) is 0.563. The van der Waals surface area contributed by atoms with Gasteiger partial charge in [0.1, 0.15) is 0 Å². The van der Waals surface area contributed by atoms with Crippen molar-refractivity contribution in [2.45, 2.75) is 82.8 Å². The van der Waals surface area contributed by atoms with Gasteiger partial charge >= 0.3 is 6.18 Å². The first-order valence-corrected chi connectivity index (χ1v) is 12.9. The molecule has 1 aromatic rings. The molecule has 4 rings (SSSR count). The molecule has 3 aliphatic rings. The first-order valence-electron chi connectivity index (χ1n) is 12.0. The number of carbonyl (C=O) groups excluding carboxylic acids is 1. The molecule has 0 bridgehead atoms. The number of amides is 1. The van der Waals surface area contributed by atoms with Crippen molar-refractivity contribution in [2.24, 2.45) is 11.8 Å². The summed E-state index contributed by atoms with van der Waals surface area (Å²) in [4.78, 5) is 19.9. The maximum atomic E-state index is 12.3. The number of nitrogens with zero attached hydrogens (tertiary/aromatic N) is 2. The van der Waals surface area contributed by atoms with Crippen LogP contribution in [0, 0.1) is 11.8 Å². The van der Waals surface area contributed by atoms with E-state index < -0.39 is 12.8 Å². The zero-order chi connectivity index (χ0) is 22.6. The van der Waals surface area contributed by atoms with E-state index in [0.717, 1.165) is 68.2 Å². The van der Waals surface area contributed by atoms with E-state index in [0.29, 0.717) is 18.4 Å². The maximum Gasteiger partial charge on any atom is 0.422 e. The molecule has 0 spiro atoms. The average Bonchev–Trinajstić information content (AvgIpc) is 3.53. The van der Waals surface area contributed by atoms with Crippen molar-refractivity contribution < 1.29 is 22.7 Å². The lowest BCUT2D eigenvalue weighted by molar-refractivity contribution is -0.153. The maximum absolute atomic E-state index is 12.3. The summed E-state index contributed by atoms with van der Waals surface area (Å²) < 4.78 is 41.8. The molecular weight excluding hydrogens is 439 g/mol. The third-order valence-corrected chi connectivity index (χ3v) is 8.05. The van der Waals surface area contributed by atoms with Gasteiger partial charge in [-0.05, 0) is 63.3 Å². The number of thiazole rings is 1. The van der Waals surface area contributed by atoms with E-state index in [4.69, 9.17) is 4.74 Å². The van der Waals surface area contributed by atoms with Crippen LogP contribution in [0.25, 0.3) is 0 Å². The number of halogens is 3. The molecule has 2 aliphatic carbocycles. The van der Waals surface area contributed by atoms with Crippen LogP contribution in [-0.4, -0.2) is 54.3 Å². The number of ether oxygens (including phenoxy) is 1. The molecule has 180 valence electrons. The summed E-state index contributed by atoms with van der Waals surface area (Å²) in [5.41, 5.74) is 0.896. The number of fused-ring (bicyclic) bond motifs is 1. The minimum Gasteiger partial charge on any atom is -0.460 e. The summed E-state index contributed by atoms with van der Waals surface area (Å²) >= 11 is 1.26. The first-order chi connectivity index (χ1) is 15.3. The van der Waals surface area contributed by atoms with E-state index in [1.54, 1.807) is 0 Å². The largest absolute Gasteiger partial charge is 0.460 e. The third kappa shape index (κ3) is 7.61. The number of alkyl halides is 3. The van der Waals surface area contributed by atoms with E-state index in [9.17, 15) is 18.0 Å². The molecule has 2 heterocycles. The smallest absolute Gasteiger partial charge is 0.422 e. The van der Waals surface area contributed by atoms with Crippen molar-refractivity contribution in [3.8, 4) is 5.19 Å². The van der Waals surface area contributed by atoms with Crippen molar-refractivity contribution in [3.63, 3.8) is 0 Å². The second-order valence-electron chi connectivity index (χ2n) is 9.65. The Hall–Kier alpha value is -1.35. The van der Waals surface area contributed by atoms with Gasteiger partial charge in [0.05, 0.1) is 5.69 Å². The highest BCUT2D eigenvalue weighted by molar-refractivity contribution is 7.13. The predicted octanol–water partition coefficient (Wildman–Crippen LogP) is 4.74. The number of hydrogen-bond donors (Lipinski definition) is 1. The van der Waals surface area contributed by atoms with E-state index in [2.05, 4.69) is 15.2 Å². The fraction of sp³-hybridized carbons (Fsp3) is 0.826. The minimum absolute atomic E-state index is 0.136. The number of nitrogens with one attached hydrogen (secondary N) is 1. The Labute approximate surface area is 192 Å². The Bertz CT molecular complexity index is 733. The first kappa shape index (κ1) is 23.8. The van der Waals surface area contributed by atoms with Gasteiger partial charge in [-0.3, -0.25) is 4.79 Å². The Morgan fingerprint density at radius 2 is 1.75 bits per heavy atom. The third-order valence-electron chi connectivity index (χ3n) is 6.98. The number of rotatable bonds is 9. The molecule has 0 saturated heterocycles. The van der Waals surface area contributed by atoms with Crippen LogP contribution in [0.4, 0.5) is 13.2 Å². The zero-order valence-electron chi connectivity index (χ0n) is 18.6. The lowest BCUT2D eigenvalue weighted by Crippen LogP contribution is -2.38. The lowest BCUT2D eigenvalue weighted by Gasteiger charge is -2.30. The molecule has 2 saturated carbocycles. The van der Waals surface area contributed by atoms with E-state index in [1.165, 1.54) is 43.4 Å². The zero-order valence-corrected chi connectivity index (χ0v) is 19.4. The topological polar surface area (TPSA) is 54.5 Å². The molecule has 1 amide bonds. The SMILES string of the molecule is O=C(CCC1CC1)N[C@H]1CC[C@H](CCN2CCc3nc(OCC(F)(F)F)sc3CC2)CC1. The van der Waals surface area contributed by atoms with Crippen LogP contribution in [-0.2, 0) is 17.6 Å². The van der Waals surface area contributed by atoms with Crippen LogP contribution < -0.4 is 10.1 Å². The van der Waals surface area contributed by atoms with Crippen LogP contribution in [0.15, 0.2) is 0 Å². The Balaban J connectivity index is 1.12. The lowest BCUT2D eigenvalue weighted by atomic mass is 9.84. The van der Waals surface area contributed by atoms with Gasteiger partial charge in [0, 0.05) is 36.9 Å². The molecule has 2 fully saturated rings. The molecule has 0 radical (unpaired) electrons. The average molecular weight is 474 g/mol. The minimum atomic E-state index is -4.33. The van der Waals surface area contributed by atoms with E-state index in [1.807, 2.05) is 0 Å². The second kappa shape index (κ2) is 10.7. The van der Waals surface area contributed by atoms with Gasteiger partial charge in [-0.2, -0.15) is 13.2 Å². The Morgan fingerprint density at radius 1 is 1.06 bits per heavy atom. The van der Waals surface area contributed by atoms with Crippen LogP contribution in [0.3, 0.4) is 0 Å². The molecule has 1 aliphatic heterocycles. The van der Waals surface area contributed by atoms with E-state index >= 15 is 0 Å². The summed E-state index contributed by atoms with van der Waals surface area (Å²) in [6.07, 6.45) is 7.30. The van der Waals surface area contributed by atoms with Crippen LogP contribution in [0.1, 0.15) is 68.4 Å². The molecule has 0 aromatic carbocycles. The van der Waals surface area contributed by atoms with Gasteiger partial charge in [0.25, 0.3) is 5.19 Å². The molecular formula is C23H34F3N3O2S. The molecule has 1 N–H and O–H groups in total. The number of hydrogen-bond acceptors (Lipinski definition) is 5. The molecule has 1 aromatic heterocycles. The normalized spacial score (nSPS) is 24.6. The summed E-state index contributed by atoms with van der Waals surface area (Å²) in [5, 5.41) is 3.37. The van der Waals surface area contributed by atoms with Crippen molar-refractivity contribution in [1.29, 1.82) is 0 Å². The summed E-state index contributed by atoms with van der Waals surface area (Å²) in [6.45, 7) is 1.58. The molecule has 32 heavy (non-hydrogen) atoms. The number of aromatic nitrogens is 1. The van der Waals surface area contributed by atoms with Gasteiger partial charge < -0.3 is 15.0 Å². The molecule has 0 atom stereocenters. The molecule has 5 nitrogen and oxygen atoms in total. The predicted molar refractivity (Wildman–Crippen MR) is 118 cm³/mol. The van der Waals surface area contributed by atoms with Crippen molar-refractivity contribution >= 4 is 17.2 Å². The van der Waals surface area contributed by atoms with Gasteiger partial charge in [-0.25, -0.2) is 4.98 Å². The van der Waals surface area contributed by atoms with Gasteiger partial charge in [0.15, 0.2) is 6.61 Å². The molecule has 0 unspecified atom stereocenters. The molecule has 9 heteroatoms. The van der Waals surface area contributed by atoms with Crippen molar-refractivity contribution in [1.82, 2.24) is 15.2 Å². The summed E-state index contributed by atoms with van der Waals surface area (Å²) in [6, 6.07) is 0.354. The second-order valence-corrected chi connectivity index (χ2v) is 10.7. The standard InChI is InChI=1S/C23H34F3N3O2S/c24-23(25,26)15-31-22-28-19-10-13-29(14-11-20(19)32-22)12-9-17-3-6-18(7-4-17)27-21(30)8-5-16-1-2-16/h16-18H,1-15H2,(H,27,30)/t17-,18-. The monoisotopic (exact) mass is 473 g/mol.